The van der Waals surface area contributed by atoms with Gasteiger partial charge in [0.1, 0.15) is 5.82 Å². The molecule has 0 heterocycles. The maximum atomic E-state index is 13.4. The standard InChI is InChI=1S/C12H19FN2O2S/c1-4-9(2)15-18(16,17)11-5-6-12(13)10(7-11)8-14-3/h5-7,9,14-15H,4,8H2,1-3H3. The molecule has 0 saturated carbocycles. The molecule has 18 heavy (non-hydrogen) atoms. The highest BCUT2D eigenvalue weighted by Gasteiger charge is 2.17. The van der Waals surface area contributed by atoms with Gasteiger partial charge in [0.05, 0.1) is 4.90 Å². The Labute approximate surface area is 108 Å². The first-order chi connectivity index (χ1) is 8.40. The van der Waals surface area contributed by atoms with Gasteiger partial charge < -0.3 is 5.32 Å². The lowest BCUT2D eigenvalue weighted by Gasteiger charge is -2.13. The molecule has 0 spiro atoms. The second kappa shape index (κ2) is 6.26. The van der Waals surface area contributed by atoms with Crippen molar-refractivity contribution in [3.63, 3.8) is 0 Å². The number of sulfonamides is 1. The van der Waals surface area contributed by atoms with Gasteiger partial charge in [-0.1, -0.05) is 6.92 Å². The van der Waals surface area contributed by atoms with Crippen molar-refractivity contribution in [2.75, 3.05) is 7.05 Å². The van der Waals surface area contributed by atoms with Gasteiger partial charge in [0.25, 0.3) is 0 Å². The fraction of sp³-hybridized carbons (Fsp3) is 0.500. The van der Waals surface area contributed by atoms with E-state index in [4.69, 9.17) is 0 Å². The van der Waals surface area contributed by atoms with Gasteiger partial charge in [-0.15, -0.1) is 0 Å². The Morgan fingerprint density at radius 1 is 1.39 bits per heavy atom. The van der Waals surface area contributed by atoms with E-state index in [1.807, 2.05) is 6.92 Å². The van der Waals surface area contributed by atoms with E-state index >= 15 is 0 Å². The lowest BCUT2D eigenvalue weighted by molar-refractivity contribution is 0.554. The fourth-order valence-corrected chi connectivity index (χ4v) is 2.84. The van der Waals surface area contributed by atoms with Crippen LogP contribution in [0.2, 0.25) is 0 Å². The Balaban J connectivity index is 3.05. The molecule has 6 heteroatoms. The SMILES string of the molecule is CCC(C)NS(=O)(=O)c1ccc(F)c(CNC)c1. The van der Waals surface area contributed by atoms with Crippen LogP contribution in [0.4, 0.5) is 4.39 Å². The zero-order valence-electron chi connectivity index (χ0n) is 10.8. The smallest absolute Gasteiger partial charge is 0.240 e. The van der Waals surface area contributed by atoms with Crippen molar-refractivity contribution in [1.82, 2.24) is 10.0 Å². The maximum absolute atomic E-state index is 13.4. The van der Waals surface area contributed by atoms with Gasteiger partial charge in [-0.05, 0) is 38.6 Å². The summed E-state index contributed by atoms with van der Waals surface area (Å²) in [6.45, 7) is 3.97. The lowest BCUT2D eigenvalue weighted by atomic mass is 10.2. The molecule has 1 rings (SSSR count). The van der Waals surface area contributed by atoms with Gasteiger partial charge >= 0.3 is 0 Å². The van der Waals surface area contributed by atoms with E-state index in [0.717, 1.165) is 0 Å². The zero-order chi connectivity index (χ0) is 13.8. The van der Waals surface area contributed by atoms with Crippen molar-refractivity contribution in [3.8, 4) is 0 Å². The Hall–Kier alpha value is -0.980. The summed E-state index contributed by atoms with van der Waals surface area (Å²) in [6, 6.07) is 3.67. The molecular formula is C12H19FN2O2S. The molecular weight excluding hydrogens is 255 g/mol. The Morgan fingerprint density at radius 2 is 2.06 bits per heavy atom. The number of hydrogen-bond acceptors (Lipinski definition) is 3. The number of halogens is 1. The van der Waals surface area contributed by atoms with Crippen LogP contribution in [0.15, 0.2) is 23.1 Å². The van der Waals surface area contributed by atoms with E-state index in [9.17, 15) is 12.8 Å². The highest BCUT2D eigenvalue weighted by Crippen LogP contribution is 2.15. The summed E-state index contributed by atoms with van der Waals surface area (Å²) in [5.74, 6) is -0.410. The van der Waals surface area contributed by atoms with Crippen LogP contribution in [-0.2, 0) is 16.6 Å². The van der Waals surface area contributed by atoms with Crippen LogP contribution in [0.3, 0.4) is 0 Å². The van der Waals surface area contributed by atoms with E-state index in [1.54, 1.807) is 14.0 Å². The first kappa shape index (κ1) is 15.1. The second-order valence-electron chi connectivity index (χ2n) is 4.21. The van der Waals surface area contributed by atoms with Crippen LogP contribution >= 0.6 is 0 Å². The summed E-state index contributed by atoms with van der Waals surface area (Å²) in [6.07, 6.45) is 0.698. The second-order valence-corrected chi connectivity index (χ2v) is 5.93. The number of nitrogens with one attached hydrogen (secondary N) is 2. The zero-order valence-corrected chi connectivity index (χ0v) is 11.6. The van der Waals surface area contributed by atoms with Crippen LogP contribution in [0.1, 0.15) is 25.8 Å². The summed E-state index contributed by atoms with van der Waals surface area (Å²) >= 11 is 0. The first-order valence-electron chi connectivity index (χ1n) is 5.86. The van der Waals surface area contributed by atoms with Crippen LogP contribution in [0.5, 0.6) is 0 Å². The van der Waals surface area contributed by atoms with Crippen molar-refractivity contribution >= 4 is 10.0 Å². The van der Waals surface area contributed by atoms with Gasteiger partial charge in [0.2, 0.25) is 10.0 Å². The largest absolute Gasteiger partial charge is 0.316 e. The molecule has 0 fully saturated rings. The minimum Gasteiger partial charge on any atom is -0.316 e. The van der Waals surface area contributed by atoms with E-state index in [1.165, 1.54) is 18.2 Å². The Kier molecular flexibility index (Phi) is 5.25. The van der Waals surface area contributed by atoms with Gasteiger partial charge in [0, 0.05) is 18.2 Å². The first-order valence-corrected chi connectivity index (χ1v) is 7.34. The molecule has 0 bridgehead atoms. The van der Waals surface area contributed by atoms with E-state index in [0.29, 0.717) is 18.5 Å². The van der Waals surface area contributed by atoms with Crippen molar-refractivity contribution in [2.45, 2.75) is 37.8 Å². The quantitative estimate of drug-likeness (QED) is 0.829. The molecule has 0 amide bonds. The molecule has 1 aromatic rings. The summed E-state index contributed by atoms with van der Waals surface area (Å²) in [7, 11) is -1.90. The summed E-state index contributed by atoms with van der Waals surface area (Å²) in [5.41, 5.74) is 0.338. The van der Waals surface area contributed by atoms with E-state index in [-0.39, 0.29) is 10.9 Å². The molecule has 4 nitrogen and oxygen atoms in total. The summed E-state index contributed by atoms with van der Waals surface area (Å²) in [4.78, 5) is 0.0921. The van der Waals surface area contributed by atoms with Gasteiger partial charge in [-0.25, -0.2) is 17.5 Å². The van der Waals surface area contributed by atoms with Crippen LogP contribution in [0, 0.1) is 5.82 Å². The molecule has 0 aromatic heterocycles. The number of hydrogen-bond donors (Lipinski definition) is 2. The molecule has 0 aliphatic carbocycles. The third-order valence-corrected chi connectivity index (χ3v) is 4.25. The average Bonchev–Trinajstić information content (AvgIpc) is 2.31. The maximum Gasteiger partial charge on any atom is 0.240 e. The Bertz CT molecular complexity index is 503. The topological polar surface area (TPSA) is 58.2 Å². The normalized spacial score (nSPS) is 13.6. The van der Waals surface area contributed by atoms with Crippen molar-refractivity contribution < 1.29 is 12.8 Å². The predicted octanol–water partition coefficient (Wildman–Crippen LogP) is 1.62. The van der Waals surface area contributed by atoms with Crippen LogP contribution in [0.25, 0.3) is 0 Å². The third kappa shape index (κ3) is 3.76. The highest BCUT2D eigenvalue weighted by atomic mass is 32.2. The van der Waals surface area contributed by atoms with E-state index < -0.39 is 15.8 Å². The van der Waals surface area contributed by atoms with Crippen LogP contribution in [-0.4, -0.2) is 21.5 Å². The molecule has 1 atom stereocenters. The molecule has 0 radical (unpaired) electrons. The minimum absolute atomic E-state index is 0.0921. The molecule has 1 aromatic carbocycles. The highest BCUT2D eigenvalue weighted by molar-refractivity contribution is 7.89. The molecule has 2 N–H and O–H groups in total. The average molecular weight is 274 g/mol. The predicted molar refractivity (Wildman–Crippen MR) is 69.2 cm³/mol. The van der Waals surface area contributed by atoms with Gasteiger partial charge in [-0.3, -0.25) is 0 Å². The molecule has 0 aliphatic rings. The van der Waals surface area contributed by atoms with Gasteiger partial charge in [-0.2, -0.15) is 0 Å². The minimum atomic E-state index is -3.57. The van der Waals surface area contributed by atoms with Gasteiger partial charge in [0.15, 0.2) is 0 Å². The number of rotatable bonds is 6. The molecule has 102 valence electrons. The van der Waals surface area contributed by atoms with Crippen LogP contribution < -0.4 is 10.0 Å². The lowest BCUT2D eigenvalue weighted by Crippen LogP contribution is -2.32. The summed E-state index contributed by atoms with van der Waals surface area (Å²) < 4.78 is 40.0. The third-order valence-electron chi connectivity index (χ3n) is 2.66. The fourth-order valence-electron chi connectivity index (χ4n) is 1.46. The summed E-state index contributed by atoms with van der Waals surface area (Å²) in [5, 5.41) is 2.80. The molecule has 0 aliphatic heterocycles. The van der Waals surface area contributed by atoms with Crippen molar-refractivity contribution in [3.05, 3.63) is 29.6 Å². The Morgan fingerprint density at radius 3 is 2.61 bits per heavy atom. The van der Waals surface area contributed by atoms with Crippen molar-refractivity contribution in [2.24, 2.45) is 0 Å². The van der Waals surface area contributed by atoms with Crippen molar-refractivity contribution in [1.29, 1.82) is 0 Å². The molecule has 0 saturated heterocycles. The monoisotopic (exact) mass is 274 g/mol. The van der Waals surface area contributed by atoms with E-state index in [2.05, 4.69) is 10.0 Å². The molecule has 1 unspecified atom stereocenters. The number of benzene rings is 1.